The van der Waals surface area contributed by atoms with E-state index in [1.807, 2.05) is 24.3 Å². The molecule has 2 rings (SSSR count). The summed E-state index contributed by atoms with van der Waals surface area (Å²) in [6.07, 6.45) is 7.86. The highest BCUT2D eigenvalue weighted by Crippen LogP contribution is 2.28. The molecule has 1 aromatic carbocycles. The zero-order valence-corrected chi connectivity index (χ0v) is 11.2. The van der Waals surface area contributed by atoms with E-state index in [4.69, 9.17) is 4.74 Å². The molecule has 1 aliphatic carbocycles. The quantitative estimate of drug-likeness (QED) is 0.826. The maximum atomic E-state index is 11.5. The number of rotatable bonds is 5. The minimum absolute atomic E-state index is 0.150. The van der Waals surface area contributed by atoms with Gasteiger partial charge in [-0.3, -0.25) is 4.79 Å². The van der Waals surface area contributed by atoms with Crippen LogP contribution >= 0.6 is 0 Å². The topological polar surface area (TPSA) is 46.5 Å². The van der Waals surface area contributed by atoms with Crippen molar-refractivity contribution in [1.29, 1.82) is 0 Å². The molecule has 0 spiro atoms. The van der Waals surface area contributed by atoms with Gasteiger partial charge in [-0.15, -0.1) is 0 Å². The SMILES string of the molecule is COc1cccc(CC(C(=O)O)C2C=CCCC2)c1. The molecule has 0 bridgehead atoms. The molecule has 0 aliphatic heterocycles. The van der Waals surface area contributed by atoms with Crippen LogP contribution in [0.5, 0.6) is 5.75 Å². The van der Waals surface area contributed by atoms with Crippen LogP contribution in [0.1, 0.15) is 24.8 Å². The van der Waals surface area contributed by atoms with Gasteiger partial charge in [-0.05, 0) is 49.3 Å². The summed E-state index contributed by atoms with van der Waals surface area (Å²) in [5.41, 5.74) is 1.02. The molecule has 0 heterocycles. The van der Waals surface area contributed by atoms with Crippen molar-refractivity contribution in [1.82, 2.24) is 0 Å². The molecule has 1 N–H and O–H groups in total. The number of benzene rings is 1. The lowest BCUT2D eigenvalue weighted by Gasteiger charge is -2.23. The van der Waals surface area contributed by atoms with E-state index >= 15 is 0 Å². The largest absolute Gasteiger partial charge is 0.497 e. The third-order valence-corrected chi connectivity index (χ3v) is 3.72. The molecule has 0 saturated heterocycles. The molecule has 1 aromatic rings. The van der Waals surface area contributed by atoms with Gasteiger partial charge >= 0.3 is 5.97 Å². The summed E-state index contributed by atoms with van der Waals surface area (Å²) in [5, 5.41) is 9.45. The molecule has 3 nitrogen and oxygen atoms in total. The maximum Gasteiger partial charge on any atom is 0.307 e. The molecule has 0 aromatic heterocycles. The van der Waals surface area contributed by atoms with Crippen LogP contribution in [0.25, 0.3) is 0 Å². The number of aliphatic carboxylic acids is 1. The second kappa shape index (κ2) is 6.41. The Kier molecular flexibility index (Phi) is 4.61. The van der Waals surface area contributed by atoms with E-state index in [1.165, 1.54) is 0 Å². The van der Waals surface area contributed by atoms with Crippen molar-refractivity contribution in [2.75, 3.05) is 7.11 Å². The van der Waals surface area contributed by atoms with Crippen LogP contribution in [0.3, 0.4) is 0 Å². The van der Waals surface area contributed by atoms with Crippen LogP contribution in [0.4, 0.5) is 0 Å². The number of hydrogen-bond donors (Lipinski definition) is 1. The summed E-state index contributed by atoms with van der Waals surface area (Å²) in [6, 6.07) is 7.66. The minimum Gasteiger partial charge on any atom is -0.497 e. The van der Waals surface area contributed by atoms with Gasteiger partial charge in [-0.1, -0.05) is 24.3 Å². The van der Waals surface area contributed by atoms with Crippen LogP contribution in [-0.4, -0.2) is 18.2 Å². The van der Waals surface area contributed by atoms with Crippen molar-refractivity contribution in [3.05, 3.63) is 42.0 Å². The van der Waals surface area contributed by atoms with E-state index in [0.29, 0.717) is 6.42 Å². The smallest absolute Gasteiger partial charge is 0.307 e. The van der Waals surface area contributed by atoms with Crippen LogP contribution < -0.4 is 4.74 Å². The average molecular weight is 260 g/mol. The van der Waals surface area contributed by atoms with Crippen LogP contribution in [-0.2, 0) is 11.2 Å². The molecular formula is C16H20O3. The van der Waals surface area contributed by atoms with E-state index < -0.39 is 5.97 Å². The van der Waals surface area contributed by atoms with Gasteiger partial charge in [-0.25, -0.2) is 0 Å². The standard InChI is InChI=1S/C16H20O3/c1-19-14-9-5-6-12(10-14)11-15(16(17)18)13-7-3-2-4-8-13/h3,5-7,9-10,13,15H,2,4,8,11H2,1H3,(H,17,18). The van der Waals surface area contributed by atoms with Crippen molar-refractivity contribution < 1.29 is 14.6 Å². The molecular weight excluding hydrogens is 240 g/mol. The van der Waals surface area contributed by atoms with Crippen LogP contribution in [0, 0.1) is 11.8 Å². The van der Waals surface area contributed by atoms with Crippen molar-refractivity contribution in [3.8, 4) is 5.75 Å². The Hall–Kier alpha value is -1.77. The van der Waals surface area contributed by atoms with Gasteiger partial charge in [0.25, 0.3) is 0 Å². The number of allylic oxidation sites excluding steroid dienone is 2. The molecule has 2 atom stereocenters. The first-order valence-corrected chi connectivity index (χ1v) is 6.73. The maximum absolute atomic E-state index is 11.5. The Balaban J connectivity index is 2.13. The van der Waals surface area contributed by atoms with E-state index in [0.717, 1.165) is 30.6 Å². The summed E-state index contributed by atoms with van der Waals surface area (Å²) >= 11 is 0. The second-order valence-corrected chi connectivity index (χ2v) is 5.02. The van der Waals surface area contributed by atoms with Crippen LogP contribution in [0.15, 0.2) is 36.4 Å². The number of hydrogen-bond acceptors (Lipinski definition) is 2. The monoisotopic (exact) mass is 260 g/mol. The van der Waals surface area contributed by atoms with E-state index in [9.17, 15) is 9.90 Å². The fourth-order valence-corrected chi connectivity index (χ4v) is 2.65. The molecule has 19 heavy (non-hydrogen) atoms. The Morgan fingerprint density at radius 3 is 3.00 bits per heavy atom. The normalized spacial score (nSPS) is 19.9. The summed E-state index contributed by atoms with van der Waals surface area (Å²) in [6.45, 7) is 0. The van der Waals surface area contributed by atoms with Crippen molar-refractivity contribution in [2.45, 2.75) is 25.7 Å². The van der Waals surface area contributed by atoms with E-state index in [-0.39, 0.29) is 11.8 Å². The number of ether oxygens (including phenoxy) is 1. The Labute approximate surface area is 113 Å². The zero-order chi connectivity index (χ0) is 13.7. The van der Waals surface area contributed by atoms with Gasteiger partial charge in [-0.2, -0.15) is 0 Å². The first-order valence-electron chi connectivity index (χ1n) is 6.73. The first-order chi connectivity index (χ1) is 9.20. The lowest BCUT2D eigenvalue weighted by molar-refractivity contribution is -0.143. The molecule has 2 unspecified atom stereocenters. The number of carboxylic acids is 1. The van der Waals surface area contributed by atoms with E-state index in [2.05, 4.69) is 12.2 Å². The number of carboxylic acid groups (broad SMARTS) is 1. The summed E-state index contributed by atoms with van der Waals surface area (Å²) in [5.74, 6) is -0.124. The van der Waals surface area contributed by atoms with Crippen LogP contribution in [0.2, 0.25) is 0 Å². The third kappa shape index (κ3) is 3.60. The Morgan fingerprint density at radius 1 is 1.53 bits per heavy atom. The lowest BCUT2D eigenvalue weighted by Crippen LogP contribution is -2.25. The van der Waals surface area contributed by atoms with Gasteiger partial charge in [0.15, 0.2) is 0 Å². The van der Waals surface area contributed by atoms with E-state index in [1.54, 1.807) is 7.11 Å². The predicted octanol–water partition coefficient (Wildman–Crippen LogP) is 3.29. The van der Waals surface area contributed by atoms with Gasteiger partial charge in [0, 0.05) is 0 Å². The zero-order valence-electron chi connectivity index (χ0n) is 11.2. The summed E-state index contributed by atoms with van der Waals surface area (Å²) < 4.78 is 5.18. The highest BCUT2D eigenvalue weighted by atomic mass is 16.5. The van der Waals surface area contributed by atoms with Gasteiger partial charge < -0.3 is 9.84 Å². The fraction of sp³-hybridized carbons (Fsp3) is 0.438. The number of methoxy groups -OCH3 is 1. The minimum atomic E-state index is -0.709. The molecule has 0 saturated carbocycles. The molecule has 102 valence electrons. The highest BCUT2D eigenvalue weighted by Gasteiger charge is 2.27. The van der Waals surface area contributed by atoms with Gasteiger partial charge in [0.1, 0.15) is 5.75 Å². The highest BCUT2D eigenvalue weighted by molar-refractivity contribution is 5.71. The van der Waals surface area contributed by atoms with Gasteiger partial charge in [0.2, 0.25) is 0 Å². The summed E-state index contributed by atoms with van der Waals surface area (Å²) in [4.78, 5) is 11.5. The second-order valence-electron chi connectivity index (χ2n) is 5.02. The molecule has 3 heteroatoms. The first kappa shape index (κ1) is 13.7. The third-order valence-electron chi connectivity index (χ3n) is 3.72. The van der Waals surface area contributed by atoms with Crippen molar-refractivity contribution >= 4 is 5.97 Å². The summed E-state index contributed by atoms with van der Waals surface area (Å²) in [7, 11) is 1.62. The predicted molar refractivity (Wildman–Crippen MR) is 74.3 cm³/mol. The Morgan fingerprint density at radius 2 is 2.37 bits per heavy atom. The van der Waals surface area contributed by atoms with Crippen molar-refractivity contribution in [3.63, 3.8) is 0 Å². The van der Waals surface area contributed by atoms with Gasteiger partial charge in [0.05, 0.1) is 13.0 Å². The molecule has 0 radical (unpaired) electrons. The Bertz CT molecular complexity index is 465. The molecule has 0 amide bonds. The lowest BCUT2D eigenvalue weighted by atomic mass is 9.81. The molecule has 0 fully saturated rings. The average Bonchev–Trinajstić information content (AvgIpc) is 2.45. The molecule has 1 aliphatic rings. The number of carbonyl (C=O) groups is 1. The van der Waals surface area contributed by atoms with Crippen molar-refractivity contribution in [2.24, 2.45) is 11.8 Å². The fourth-order valence-electron chi connectivity index (χ4n) is 2.65.